The van der Waals surface area contributed by atoms with Crippen LogP contribution in [0.4, 0.5) is 0 Å². The van der Waals surface area contributed by atoms with Crippen LogP contribution in [0.15, 0.2) is 30.3 Å². The third-order valence-corrected chi connectivity index (χ3v) is 3.02. The van der Waals surface area contributed by atoms with E-state index in [4.69, 9.17) is 16.7 Å². The smallest absolute Gasteiger partial charge is 0.303 e. The van der Waals surface area contributed by atoms with Gasteiger partial charge >= 0.3 is 5.97 Å². The van der Waals surface area contributed by atoms with E-state index in [1.807, 2.05) is 41.9 Å². The number of carboxylic acid groups (broad SMARTS) is 1. The Kier molecular flexibility index (Phi) is 3.67. The monoisotopic (exact) mass is 264 g/mol. The summed E-state index contributed by atoms with van der Waals surface area (Å²) in [6.45, 7) is 0. The largest absolute Gasteiger partial charge is 0.481 e. The fourth-order valence-electron chi connectivity index (χ4n) is 1.86. The van der Waals surface area contributed by atoms with Gasteiger partial charge in [0.15, 0.2) is 5.15 Å². The number of nitrogens with zero attached hydrogens (tertiary/aromatic N) is 2. The zero-order valence-electron chi connectivity index (χ0n) is 9.93. The highest BCUT2D eigenvalue weighted by Crippen LogP contribution is 2.28. The lowest BCUT2D eigenvalue weighted by Crippen LogP contribution is -2.04. The van der Waals surface area contributed by atoms with Crippen molar-refractivity contribution in [3.8, 4) is 11.3 Å². The first kappa shape index (κ1) is 12.6. The predicted molar refractivity (Wildman–Crippen MR) is 69.6 cm³/mol. The van der Waals surface area contributed by atoms with Crippen LogP contribution >= 0.6 is 11.6 Å². The zero-order chi connectivity index (χ0) is 13.1. The quantitative estimate of drug-likeness (QED) is 0.924. The van der Waals surface area contributed by atoms with Crippen molar-refractivity contribution in [1.29, 1.82) is 0 Å². The first-order valence-electron chi connectivity index (χ1n) is 5.58. The molecule has 94 valence electrons. The van der Waals surface area contributed by atoms with Gasteiger partial charge in [0.2, 0.25) is 0 Å². The summed E-state index contributed by atoms with van der Waals surface area (Å²) in [7, 11) is 1.85. The highest BCUT2D eigenvalue weighted by atomic mass is 35.5. The first-order valence-corrected chi connectivity index (χ1v) is 5.95. The molecule has 5 heteroatoms. The van der Waals surface area contributed by atoms with Crippen molar-refractivity contribution >= 4 is 17.6 Å². The van der Waals surface area contributed by atoms with Gasteiger partial charge in [0.1, 0.15) is 5.82 Å². The molecule has 0 fully saturated rings. The van der Waals surface area contributed by atoms with Crippen LogP contribution < -0.4 is 0 Å². The van der Waals surface area contributed by atoms with E-state index in [1.165, 1.54) is 0 Å². The molecule has 0 aliphatic heterocycles. The average Bonchev–Trinajstić information content (AvgIpc) is 2.63. The number of aromatic nitrogens is 2. The molecule has 2 aromatic rings. The fraction of sp³-hybridized carbons (Fsp3) is 0.231. The number of aryl methyl sites for hydroxylation is 1. The van der Waals surface area contributed by atoms with E-state index in [0.717, 1.165) is 11.3 Å². The number of carboxylic acids is 1. The van der Waals surface area contributed by atoms with Crippen LogP contribution in [0.25, 0.3) is 11.3 Å². The van der Waals surface area contributed by atoms with E-state index in [2.05, 4.69) is 4.98 Å². The van der Waals surface area contributed by atoms with Crippen molar-refractivity contribution in [3.63, 3.8) is 0 Å². The lowest BCUT2D eigenvalue weighted by molar-refractivity contribution is -0.137. The van der Waals surface area contributed by atoms with Gasteiger partial charge in [0.25, 0.3) is 0 Å². The van der Waals surface area contributed by atoms with E-state index >= 15 is 0 Å². The van der Waals surface area contributed by atoms with Crippen LogP contribution in [0.2, 0.25) is 5.15 Å². The number of imidazole rings is 1. The van der Waals surface area contributed by atoms with Crippen molar-refractivity contribution in [2.75, 3.05) is 0 Å². The average molecular weight is 265 g/mol. The minimum Gasteiger partial charge on any atom is -0.481 e. The van der Waals surface area contributed by atoms with E-state index in [9.17, 15) is 4.79 Å². The Balaban J connectivity index is 2.35. The summed E-state index contributed by atoms with van der Waals surface area (Å²) >= 11 is 6.12. The Morgan fingerprint density at radius 3 is 2.67 bits per heavy atom. The summed E-state index contributed by atoms with van der Waals surface area (Å²) in [5.74, 6) is -0.156. The summed E-state index contributed by atoms with van der Waals surface area (Å²) < 4.78 is 1.85. The molecule has 0 atom stereocenters. The molecule has 1 N–H and O–H groups in total. The summed E-state index contributed by atoms with van der Waals surface area (Å²) in [4.78, 5) is 14.8. The molecular weight excluding hydrogens is 252 g/mol. The highest BCUT2D eigenvalue weighted by molar-refractivity contribution is 6.32. The molecule has 4 nitrogen and oxygen atoms in total. The second-order valence-corrected chi connectivity index (χ2v) is 4.34. The molecule has 18 heavy (non-hydrogen) atoms. The van der Waals surface area contributed by atoms with Crippen LogP contribution in [-0.2, 0) is 18.3 Å². The number of aliphatic carboxylic acids is 1. The molecule has 1 aromatic carbocycles. The molecule has 0 bridgehead atoms. The maximum Gasteiger partial charge on any atom is 0.303 e. The van der Waals surface area contributed by atoms with Crippen LogP contribution in [0.3, 0.4) is 0 Å². The first-order chi connectivity index (χ1) is 8.59. The van der Waals surface area contributed by atoms with E-state index in [0.29, 0.717) is 17.4 Å². The lowest BCUT2D eigenvalue weighted by Gasteiger charge is -2.05. The Hall–Kier alpha value is -1.81. The van der Waals surface area contributed by atoms with Gasteiger partial charge in [-0.2, -0.15) is 0 Å². The zero-order valence-corrected chi connectivity index (χ0v) is 10.7. The normalized spacial score (nSPS) is 10.6. The summed E-state index contributed by atoms with van der Waals surface area (Å²) in [5.41, 5.74) is 1.79. The standard InChI is InChI=1S/C13H13ClN2O2/c1-16-10(7-8-11(17)18)15-13(14)12(16)9-5-3-2-4-6-9/h2-6H,7-8H2,1H3,(H,17,18). The fourth-order valence-corrected chi connectivity index (χ4v) is 2.19. The van der Waals surface area contributed by atoms with Gasteiger partial charge in [-0.1, -0.05) is 41.9 Å². The Labute approximate surface area is 110 Å². The second-order valence-electron chi connectivity index (χ2n) is 3.99. The third-order valence-electron chi connectivity index (χ3n) is 2.75. The number of carbonyl (C=O) groups is 1. The van der Waals surface area contributed by atoms with Crippen molar-refractivity contribution in [2.24, 2.45) is 7.05 Å². The van der Waals surface area contributed by atoms with Crippen molar-refractivity contribution in [2.45, 2.75) is 12.8 Å². The third kappa shape index (κ3) is 2.54. The number of hydrogen-bond acceptors (Lipinski definition) is 2. The molecule has 0 aliphatic rings. The Bertz CT molecular complexity index is 564. The topological polar surface area (TPSA) is 55.1 Å². The molecule has 0 amide bonds. The molecule has 0 saturated heterocycles. The second kappa shape index (κ2) is 5.23. The van der Waals surface area contributed by atoms with E-state index in [-0.39, 0.29) is 6.42 Å². The number of rotatable bonds is 4. The van der Waals surface area contributed by atoms with Crippen LogP contribution in [-0.4, -0.2) is 20.6 Å². The highest BCUT2D eigenvalue weighted by Gasteiger charge is 2.15. The van der Waals surface area contributed by atoms with Gasteiger partial charge in [0.05, 0.1) is 12.1 Å². The van der Waals surface area contributed by atoms with Crippen LogP contribution in [0.1, 0.15) is 12.2 Å². The summed E-state index contributed by atoms with van der Waals surface area (Å²) in [6.07, 6.45) is 0.424. The van der Waals surface area contributed by atoms with Gasteiger partial charge in [-0.25, -0.2) is 4.98 Å². The van der Waals surface area contributed by atoms with Crippen molar-refractivity contribution in [3.05, 3.63) is 41.3 Å². The van der Waals surface area contributed by atoms with E-state index < -0.39 is 5.97 Å². The number of halogens is 1. The van der Waals surface area contributed by atoms with E-state index in [1.54, 1.807) is 0 Å². The maximum absolute atomic E-state index is 10.6. The van der Waals surface area contributed by atoms with Gasteiger partial charge in [-0.3, -0.25) is 4.79 Å². The maximum atomic E-state index is 10.6. The number of benzene rings is 1. The van der Waals surface area contributed by atoms with Crippen molar-refractivity contribution < 1.29 is 9.90 Å². The van der Waals surface area contributed by atoms with Crippen molar-refractivity contribution in [1.82, 2.24) is 9.55 Å². The lowest BCUT2D eigenvalue weighted by atomic mass is 10.2. The molecule has 0 unspecified atom stereocenters. The minimum absolute atomic E-state index is 0.0510. The summed E-state index contributed by atoms with van der Waals surface area (Å²) in [6, 6.07) is 9.68. The molecule has 0 saturated carbocycles. The minimum atomic E-state index is -0.838. The Morgan fingerprint density at radius 1 is 1.39 bits per heavy atom. The van der Waals surface area contributed by atoms with Gasteiger partial charge < -0.3 is 9.67 Å². The molecule has 2 rings (SSSR count). The van der Waals surface area contributed by atoms with Crippen LogP contribution in [0, 0.1) is 0 Å². The number of hydrogen-bond donors (Lipinski definition) is 1. The molecular formula is C13H13ClN2O2. The van der Waals surface area contributed by atoms with Gasteiger partial charge in [-0.15, -0.1) is 0 Å². The van der Waals surface area contributed by atoms with Gasteiger partial charge in [0, 0.05) is 19.0 Å². The predicted octanol–water partition coefficient (Wildman–Crippen LogP) is 2.76. The Morgan fingerprint density at radius 2 is 2.06 bits per heavy atom. The van der Waals surface area contributed by atoms with Gasteiger partial charge in [-0.05, 0) is 0 Å². The summed E-state index contributed by atoms with van der Waals surface area (Å²) in [5, 5.41) is 9.10. The molecule has 0 radical (unpaired) electrons. The molecule has 0 aliphatic carbocycles. The SMILES string of the molecule is Cn1c(CCC(=O)O)nc(Cl)c1-c1ccccc1. The molecule has 1 heterocycles. The van der Waals surface area contributed by atoms with Crippen LogP contribution in [0.5, 0.6) is 0 Å². The molecule has 0 spiro atoms. The molecule has 1 aromatic heterocycles.